The van der Waals surface area contributed by atoms with E-state index in [2.05, 4.69) is 43.1 Å². The van der Waals surface area contributed by atoms with E-state index in [0.717, 1.165) is 37.6 Å². The van der Waals surface area contributed by atoms with Crippen LogP contribution in [0.15, 0.2) is 18.3 Å². The molecule has 2 aliphatic rings. The molecule has 2 aromatic rings. The number of hydrogen-bond donors (Lipinski definition) is 0. The minimum absolute atomic E-state index is 0.422. The molecule has 3 heterocycles. The number of ether oxygens (including phenoxy) is 1. The van der Waals surface area contributed by atoms with Crippen molar-refractivity contribution < 1.29 is 4.74 Å². The van der Waals surface area contributed by atoms with E-state index in [0.29, 0.717) is 18.5 Å². The van der Waals surface area contributed by atoms with Crippen molar-refractivity contribution in [1.82, 2.24) is 20.2 Å². The summed E-state index contributed by atoms with van der Waals surface area (Å²) in [5, 5.41) is 8.78. The van der Waals surface area contributed by atoms with Crippen molar-refractivity contribution in [2.24, 2.45) is 0 Å². The summed E-state index contributed by atoms with van der Waals surface area (Å²) in [4.78, 5) is 13.3. The zero-order valence-corrected chi connectivity index (χ0v) is 14.1. The molecule has 1 aliphatic carbocycles. The van der Waals surface area contributed by atoms with Crippen molar-refractivity contribution in [3.05, 3.63) is 35.4 Å². The first-order valence-electron chi connectivity index (χ1n) is 8.38. The molecule has 0 N–H and O–H groups in total. The lowest BCUT2D eigenvalue weighted by Crippen LogP contribution is -2.59. The molecule has 0 bridgehead atoms. The summed E-state index contributed by atoms with van der Waals surface area (Å²) in [5.41, 5.74) is 2.55. The van der Waals surface area contributed by atoms with Crippen LogP contribution in [0.5, 0.6) is 0 Å². The summed E-state index contributed by atoms with van der Waals surface area (Å²) in [6, 6.07) is 4.58. The maximum atomic E-state index is 5.11. The zero-order valence-electron chi connectivity index (χ0n) is 14.1. The molecule has 0 aromatic carbocycles. The normalized spacial score (nSPS) is 16.8. The summed E-state index contributed by atoms with van der Waals surface area (Å²) in [7, 11) is 3.73. The number of anilines is 2. The number of nitrogens with zero attached hydrogens (tertiary/aromatic N) is 6. The zero-order chi connectivity index (χ0) is 16.5. The van der Waals surface area contributed by atoms with E-state index in [1.54, 1.807) is 13.3 Å². The Kier molecular flexibility index (Phi) is 4.02. The molecular formula is C17H22N6O. The van der Waals surface area contributed by atoms with Crippen molar-refractivity contribution in [2.45, 2.75) is 31.9 Å². The van der Waals surface area contributed by atoms with Crippen LogP contribution in [-0.2, 0) is 24.2 Å². The molecule has 7 heteroatoms. The molecule has 1 fully saturated rings. The number of likely N-dealkylation sites (N-methyl/N-ethyl adjacent to an activating group) is 1. The lowest BCUT2D eigenvalue weighted by Gasteiger charge is -2.44. The topological polar surface area (TPSA) is 67.3 Å². The van der Waals surface area contributed by atoms with Crippen molar-refractivity contribution in [3.8, 4) is 0 Å². The molecule has 126 valence electrons. The predicted octanol–water partition coefficient (Wildman–Crippen LogP) is 1.23. The van der Waals surface area contributed by atoms with Gasteiger partial charge >= 0.3 is 0 Å². The average Bonchev–Trinajstić information content (AvgIpc) is 3.02. The van der Waals surface area contributed by atoms with Gasteiger partial charge in [-0.3, -0.25) is 0 Å². The van der Waals surface area contributed by atoms with Gasteiger partial charge in [0.25, 0.3) is 0 Å². The third-order valence-electron chi connectivity index (χ3n) is 4.87. The van der Waals surface area contributed by atoms with Gasteiger partial charge in [0.1, 0.15) is 12.4 Å². The van der Waals surface area contributed by atoms with E-state index in [1.807, 2.05) is 6.07 Å². The van der Waals surface area contributed by atoms with Crippen molar-refractivity contribution in [3.63, 3.8) is 0 Å². The van der Waals surface area contributed by atoms with Crippen LogP contribution in [0, 0.1) is 0 Å². The van der Waals surface area contributed by atoms with Crippen LogP contribution >= 0.6 is 0 Å². The lowest BCUT2D eigenvalue weighted by atomic mass is 10.1. The molecule has 2 aromatic heterocycles. The van der Waals surface area contributed by atoms with Gasteiger partial charge in [0.05, 0.1) is 11.7 Å². The second kappa shape index (κ2) is 6.32. The number of methoxy groups -OCH3 is 1. The second-order valence-corrected chi connectivity index (χ2v) is 6.46. The van der Waals surface area contributed by atoms with Gasteiger partial charge in [0.15, 0.2) is 11.6 Å². The highest BCUT2D eigenvalue weighted by Crippen LogP contribution is 2.27. The van der Waals surface area contributed by atoms with Gasteiger partial charge < -0.3 is 14.5 Å². The fourth-order valence-electron chi connectivity index (χ4n) is 3.33. The third-order valence-corrected chi connectivity index (χ3v) is 4.87. The number of aryl methyl sites for hydroxylation is 2. The van der Waals surface area contributed by atoms with Crippen LogP contribution < -0.4 is 9.80 Å². The van der Waals surface area contributed by atoms with Gasteiger partial charge in [0, 0.05) is 33.4 Å². The molecule has 0 unspecified atom stereocenters. The van der Waals surface area contributed by atoms with Gasteiger partial charge in [-0.25, -0.2) is 9.97 Å². The van der Waals surface area contributed by atoms with Crippen LogP contribution in [-0.4, -0.2) is 53.5 Å². The molecule has 0 radical (unpaired) electrons. The Bertz CT molecular complexity index is 731. The number of hydrogen-bond acceptors (Lipinski definition) is 7. The Morgan fingerprint density at radius 1 is 1.29 bits per heavy atom. The second-order valence-electron chi connectivity index (χ2n) is 6.46. The first kappa shape index (κ1) is 15.3. The molecule has 0 saturated carbocycles. The van der Waals surface area contributed by atoms with Gasteiger partial charge in [-0.15, -0.1) is 5.10 Å². The lowest BCUT2D eigenvalue weighted by molar-refractivity contribution is 0.178. The first-order valence-corrected chi connectivity index (χ1v) is 8.38. The van der Waals surface area contributed by atoms with Crippen LogP contribution in [0.3, 0.4) is 0 Å². The Morgan fingerprint density at radius 2 is 2.17 bits per heavy atom. The van der Waals surface area contributed by atoms with Crippen molar-refractivity contribution in [2.75, 3.05) is 37.0 Å². The largest absolute Gasteiger partial charge is 0.377 e. The quantitative estimate of drug-likeness (QED) is 0.818. The van der Waals surface area contributed by atoms with E-state index >= 15 is 0 Å². The van der Waals surface area contributed by atoms with Crippen LogP contribution in [0.2, 0.25) is 0 Å². The maximum Gasteiger partial charge on any atom is 0.156 e. The van der Waals surface area contributed by atoms with E-state index in [1.165, 1.54) is 17.7 Å². The predicted molar refractivity (Wildman–Crippen MR) is 91.2 cm³/mol. The van der Waals surface area contributed by atoms with E-state index < -0.39 is 0 Å². The molecule has 4 rings (SSSR count). The molecule has 0 amide bonds. The minimum atomic E-state index is 0.422. The molecule has 0 atom stereocenters. The fourth-order valence-corrected chi connectivity index (χ4v) is 3.33. The molecule has 1 saturated heterocycles. The fraction of sp³-hybridized carbons (Fsp3) is 0.529. The Labute approximate surface area is 141 Å². The average molecular weight is 326 g/mol. The molecule has 0 spiro atoms. The van der Waals surface area contributed by atoms with E-state index in [9.17, 15) is 0 Å². The van der Waals surface area contributed by atoms with Gasteiger partial charge in [-0.1, -0.05) is 0 Å². The monoisotopic (exact) mass is 326 g/mol. The highest BCUT2D eigenvalue weighted by atomic mass is 16.5. The van der Waals surface area contributed by atoms with Gasteiger partial charge in [-0.05, 0) is 37.0 Å². The first-order chi connectivity index (χ1) is 11.7. The van der Waals surface area contributed by atoms with E-state index in [4.69, 9.17) is 4.74 Å². The summed E-state index contributed by atoms with van der Waals surface area (Å²) < 4.78 is 5.11. The van der Waals surface area contributed by atoms with Crippen molar-refractivity contribution >= 4 is 11.6 Å². The molecule has 24 heavy (non-hydrogen) atoms. The summed E-state index contributed by atoms with van der Waals surface area (Å²) in [6.45, 7) is 2.31. The molecule has 7 nitrogen and oxygen atoms in total. The molecular weight excluding hydrogens is 304 g/mol. The highest BCUT2D eigenvalue weighted by Gasteiger charge is 2.32. The number of rotatable bonds is 5. The summed E-state index contributed by atoms with van der Waals surface area (Å²) in [6.07, 6.45) is 5.20. The number of aromatic nitrogens is 4. The smallest absolute Gasteiger partial charge is 0.156 e. The third kappa shape index (κ3) is 2.80. The molecule has 1 aliphatic heterocycles. The number of fused-ring (bicyclic) bond motifs is 1. The van der Waals surface area contributed by atoms with Gasteiger partial charge in [0.2, 0.25) is 0 Å². The Morgan fingerprint density at radius 3 is 3.00 bits per heavy atom. The highest BCUT2D eigenvalue weighted by molar-refractivity contribution is 5.49. The SMILES string of the molecule is COCc1nccc(N(C)C2CN(c3cc4c(nn3)CCC4)C2)n1. The Hall–Kier alpha value is -2.28. The van der Waals surface area contributed by atoms with Crippen LogP contribution in [0.1, 0.15) is 23.5 Å². The standard InChI is InChI=1S/C17H22N6O/c1-22(16-6-7-18-15(19-16)11-24-2)13-9-23(10-13)17-8-12-4-3-5-14(12)20-21-17/h6-8,13H,3-5,9-11H2,1-2H3. The van der Waals surface area contributed by atoms with Crippen LogP contribution in [0.4, 0.5) is 11.6 Å². The summed E-state index contributed by atoms with van der Waals surface area (Å²) in [5.74, 6) is 2.65. The van der Waals surface area contributed by atoms with E-state index in [-0.39, 0.29) is 0 Å². The van der Waals surface area contributed by atoms with Gasteiger partial charge in [-0.2, -0.15) is 5.10 Å². The van der Waals surface area contributed by atoms with Crippen molar-refractivity contribution in [1.29, 1.82) is 0 Å². The maximum absolute atomic E-state index is 5.11. The minimum Gasteiger partial charge on any atom is -0.377 e. The van der Waals surface area contributed by atoms with Crippen LogP contribution in [0.25, 0.3) is 0 Å². The Balaban J connectivity index is 1.41. The summed E-state index contributed by atoms with van der Waals surface area (Å²) >= 11 is 0.